The van der Waals surface area contributed by atoms with E-state index in [4.69, 9.17) is 14.6 Å². The summed E-state index contributed by atoms with van der Waals surface area (Å²) in [5, 5.41) is 12.5. The standard InChI is InChI=1S/C22H27N7O/c1-14-23-22(30-27-14)28-12-16-9-10-17(13-28)19(16)24-21-25-20-18(8-5-11-29(20)26-21)15-6-3-2-4-7-15/h2-4,6-7,16-19H,5,8-13H2,1H3,(H,24,26)/t16-,17+,18?,19-. The molecule has 2 aliphatic heterocycles. The predicted molar refractivity (Wildman–Crippen MR) is 112 cm³/mol. The number of benzene rings is 1. The number of hydrogen-bond donors (Lipinski definition) is 1. The number of rotatable bonds is 4. The molecule has 0 spiro atoms. The normalized spacial score (nSPS) is 27.8. The maximum Gasteiger partial charge on any atom is 0.324 e. The van der Waals surface area contributed by atoms with Crippen LogP contribution in [0.2, 0.25) is 0 Å². The van der Waals surface area contributed by atoms with Gasteiger partial charge >= 0.3 is 6.01 Å². The van der Waals surface area contributed by atoms with Gasteiger partial charge in [-0.3, -0.25) is 0 Å². The molecule has 1 aromatic carbocycles. The van der Waals surface area contributed by atoms with Crippen LogP contribution in [0.1, 0.15) is 48.8 Å². The fraction of sp³-hybridized carbons (Fsp3) is 0.545. The molecule has 30 heavy (non-hydrogen) atoms. The van der Waals surface area contributed by atoms with Crippen molar-refractivity contribution < 1.29 is 4.52 Å². The third-order valence-corrected chi connectivity index (χ3v) is 6.99. The van der Waals surface area contributed by atoms with Crippen molar-refractivity contribution in [1.29, 1.82) is 0 Å². The molecule has 3 aromatic rings. The smallest absolute Gasteiger partial charge is 0.324 e. The summed E-state index contributed by atoms with van der Waals surface area (Å²) in [7, 11) is 0. The SMILES string of the molecule is Cc1noc(N2C[C@H]3CC[C@@H](C2)[C@@H]3Nc2nc3n(n2)CCCC3c2ccccc2)n1. The number of piperidine rings is 1. The van der Waals surface area contributed by atoms with E-state index in [1.807, 2.05) is 6.92 Å². The minimum Gasteiger partial charge on any atom is -0.350 e. The van der Waals surface area contributed by atoms with Gasteiger partial charge in [0.1, 0.15) is 5.82 Å². The van der Waals surface area contributed by atoms with E-state index < -0.39 is 0 Å². The number of nitrogens with one attached hydrogen (secondary N) is 1. The first kappa shape index (κ1) is 17.9. The molecule has 1 saturated carbocycles. The zero-order valence-electron chi connectivity index (χ0n) is 17.2. The Labute approximate surface area is 175 Å². The second-order valence-corrected chi connectivity index (χ2v) is 8.92. The molecule has 0 radical (unpaired) electrons. The van der Waals surface area contributed by atoms with E-state index in [2.05, 4.69) is 55.4 Å². The number of anilines is 2. The zero-order chi connectivity index (χ0) is 20.1. The maximum absolute atomic E-state index is 5.41. The topological polar surface area (TPSA) is 84.9 Å². The van der Waals surface area contributed by atoms with Crippen LogP contribution in [0.25, 0.3) is 0 Å². The van der Waals surface area contributed by atoms with Crippen molar-refractivity contribution in [1.82, 2.24) is 24.9 Å². The fourth-order valence-corrected chi connectivity index (χ4v) is 5.59. The average molecular weight is 406 g/mol. The maximum atomic E-state index is 5.41. The van der Waals surface area contributed by atoms with Crippen LogP contribution in [0, 0.1) is 18.8 Å². The van der Waals surface area contributed by atoms with Crippen LogP contribution in [0.3, 0.4) is 0 Å². The van der Waals surface area contributed by atoms with Crippen LogP contribution in [-0.4, -0.2) is 44.0 Å². The van der Waals surface area contributed by atoms with Crippen LogP contribution in [0.5, 0.6) is 0 Å². The Bertz CT molecular complexity index is 1020. The van der Waals surface area contributed by atoms with Gasteiger partial charge in [-0.1, -0.05) is 35.5 Å². The van der Waals surface area contributed by atoms with E-state index in [0.717, 1.165) is 44.2 Å². The second-order valence-electron chi connectivity index (χ2n) is 8.92. The minimum absolute atomic E-state index is 0.335. The van der Waals surface area contributed by atoms with Crippen molar-refractivity contribution in [3.8, 4) is 0 Å². The van der Waals surface area contributed by atoms with Gasteiger partial charge in [-0.2, -0.15) is 9.97 Å². The zero-order valence-corrected chi connectivity index (χ0v) is 17.2. The van der Waals surface area contributed by atoms with Crippen molar-refractivity contribution in [2.45, 2.75) is 51.1 Å². The number of aromatic nitrogens is 5. The first-order valence-corrected chi connectivity index (χ1v) is 11.1. The van der Waals surface area contributed by atoms with Gasteiger partial charge in [-0.05, 0) is 50.0 Å². The average Bonchev–Trinajstić information content (AvgIpc) is 3.44. The lowest BCUT2D eigenvalue weighted by molar-refractivity contribution is 0.340. The predicted octanol–water partition coefficient (Wildman–Crippen LogP) is 3.22. The lowest BCUT2D eigenvalue weighted by Gasteiger charge is -2.37. The lowest BCUT2D eigenvalue weighted by Crippen LogP contribution is -2.48. The summed E-state index contributed by atoms with van der Waals surface area (Å²) >= 11 is 0. The molecule has 156 valence electrons. The summed E-state index contributed by atoms with van der Waals surface area (Å²) in [6, 6.07) is 11.8. The summed E-state index contributed by atoms with van der Waals surface area (Å²) in [5.41, 5.74) is 1.33. The summed E-state index contributed by atoms with van der Waals surface area (Å²) in [6.07, 6.45) is 4.70. The Morgan fingerprint density at radius 1 is 1.03 bits per heavy atom. The highest BCUT2D eigenvalue weighted by atomic mass is 16.5. The molecule has 0 amide bonds. The summed E-state index contributed by atoms with van der Waals surface area (Å²) < 4.78 is 7.52. The van der Waals surface area contributed by atoms with Crippen LogP contribution in [0.15, 0.2) is 34.9 Å². The monoisotopic (exact) mass is 405 g/mol. The molecule has 2 aromatic heterocycles. The van der Waals surface area contributed by atoms with Crippen LogP contribution >= 0.6 is 0 Å². The molecule has 6 rings (SSSR count). The largest absolute Gasteiger partial charge is 0.350 e. The number of nitrogens with zero attached hydrogens (tertiary/aromatic N) is 6. The van der Waals surface area contributed by atoms with Crippen LogP contribution in [-0.2, 0) is 6.54 Å². The third kappa shape index (κ3) is 3.05. The molecule has 1 unspecified atom stereocenters. The van der Waals surface area contributed by atoms with E-state index in [0.29, 0.717) is 35.6 Å². The van der Waals surface area contributed by atoms with Gasteiger partial charge in [-0.15, -0.1) is 5.10 Å². The molecule has 8 nitrogen and oxygen atoms in total. The Morgan fingerprint density at radius 2 is 1.83 bits per heavy atom. The fourth-order valence-electron chi connectivity index (χ4n) is 5.59. The van der Waals surface area contributed by atoms with Crippen molar-refractivity contribution in [2.24, 2.45) is 11.8 Å². The first-order chi connectivity index (χ1) is 14.7. The molecule has 4 heterocycles. The summed E-state index contributed by atoms with van der Waals surface area (Å²) in [6.45, 7) is 4.70. The third-order valence-electron chi connectivity index (χ3n) is 6.99. The van der Waals surface area contributed by atoms with Gasteiger partial charge in [0.15, 0.2) is 5.82 Å². The van der Waals surface area contributed by atoms with E-state index in [1.165, 1.54) is 18.4 Å². The van der Waals surface area contributed by atoms with E-state index in [-0.39, 0.29) is 0 Å². The molecule has 4 atom stereocenters. The quantitative estimate of drug-likeness (QED) is 0.713. The first-order valence-electron chi connectivity index (χ1n) is 11.1. The molecule has 3 aliphatic rings. The van der Waals surface area contributed by atoms with E-state index in [1.54, 1.807) is 0 Å². The van der Waals surface area contributed by atoms with Gasteiger partial charge in [0.2, 0.25) is 5.95 Å². The summed E-state index contributed by atoms with van der Waals surface area (Å²) in [4.78, 5) is 11.6. The Kier molecular flexibility index (Phi) is 4.24. The number of fused-ring (bicyclic) bond motifs is 3. The highest BCUT2D eigenvalue weighted by molar-refractivity contribution is 5.35. The van der Waals surface area contributed by atoms with E-state index >= 15 is 0 Å². The van der Waals surface area contributed by atoms with Crippen LogP contribution < -0.4 is 10.2 Å². The van der Waals surface area contributed by atoms with Crippen molar-refractivity contribution >= 4 is 12.0 Å². The van der Waals surface area contributed by atoms with Crippen LogP contribution in [0.4, 0.5) is 12.0 Å². The van der Waals surface area contributed by atoms with Crippen molar-refractivity contribution in [3.63, 3.8) is 0 Å². The molecular weight excluding hydrogens is 378 g/mol. The highest BCUT2D eigenvalue weighted by Gasteiger charge is 2.44. The summed E-state index contributed by atoms with van der Waals surface area (Å²) in [5.74, 6) is 4.00. The van der Waals surface area contributed by atoms with E-state index in [9.17, 15) is 0 Å². The second kappa shape index (κ2) is 7.11. The molecule has 2 fully saturated rings. The lowest BCUT2D eigenvalue weighted by atomic mass is 9.91. The van der Waals surface area contributed by atoms with Gasteiger partial charge in [0.25, 0.3) is 0 Å². The van der Waals surface area contributed by atoms with Gasteiger partial charge in [0, 0.05) is 31.6 Å². The van der Waals surface area contributed by atoms with Crippen molar-refractivity contribution in [2.75, 3.05) is 23.3 Å². The Hall–Kier alpha value is -2.90. The van der Waals surface area contributed by atoms with Crippen molar-refractivity contribution in [3.05, 3.63) is 47.5 Å². The van der Waals surface area contributed by atoms with Gasteiger partial charge in [0.05, 0.1) is 0 Å². The molecule has 1 aliphatic carbocycles. The molecular formula is C22H27N7O. The van der Waals surface area contributed by atoms with Gasteiger partial charge < -0.3 is 14.7 Å². The number of hydrogen-bond acceptors (Lipinski definition) is 7. The molecule has 2 bridgehead atoms. The minimum atomic E-state index is 0.335. The molecule has 1 N–H and O–H groups in total. The molecule has 1 saturated heterocycles. The van der Waals surface area contributed by atoms with Gasteiger partial charge in [-0.25, -0.2) is 4.68 Å². The number of aryl methyl sites for hydroxylation is 2. The highest BCUT2D eigenvalue weighted by Crippen LogP contribution is 2.40. The Morgan fingerprint density at radius 3 is 2.57 bits per heavy atom. The Balaban J connectivity index is 1.20. The molecule has 8 heteroatoms.